The van der Waals surface area contributed by atoms with Crippen molar-refractivity contribution >= 4 is 0 Å². The van der Waals surface area contributed by atoms with Crippen LogP contribution in [-0.2, 0) is 12.8 Å². The highest BCUT2D eigenvalue weighted by molar-refractivity contribution is 5.14. The molecule has 3 heteroatoms. The first-order valence-corrected chi connectivity index (χ1v) is 8.64. The van der Waals surface area contributed by atoms with Crippen molar-refractivity contribution in [2.24, 2.45) is 5.92 Å². The van der Waals surface area contributed by atoms with Gasteiger partial charge in [-0.15, -0.1) is 0 Å². The van der Waals surface area contributed by atoms with Crippen molar-refractivity contribution in [1.82, 2.24) is 9.88 Å². The summed E-state index contributed by atoms with van der Waals surface area (Å²) in [7, 11) is 0. The van der Waals surface area contributed by atoms with Crippen LogP contribution >= 0.6 is 0 Å². The molecule has 1 saturated heterocycles. The third-order valence-corrected chi connectivity index (χ3v) is 4.76. The lowest BCUT2D eigenvalue weighted by atomic mass is 9.97. The average Bonchev–Trinajstić information content (AvgIpc) is 2.93. The summed E-state index contributed by atoms with van der Waals surface area (Å²) in [5.74, 6) is 0.353. The molecule has 1 aliphatic heterocycles. The molecule has 23 heavy (non-hydrogen) atoms. The zero-order valence-corrected chi connectivity index (χ0v) is 13.6. The fourth-order valence-corrected chi connectivity index (χ4v) is 3.46. The van der Waals surface area contributed by atoms with Gasteiger partial charge in [0.1, 0.15) is 0 Å². The van der Waals surface area contributed by atoms with Crippen molar-refractivity contribution in [2.45, 2.75) is 31.8 Å². The van der Waals surface area contributed by atoms with Crippen LogP contribution in [0.25, 0.3) is 0 Å². The maximum absolute atomic E-state index is 10.3. The summed E-state index contributed by atoms with van der Waals surface area (Å²) in [6.45, 7) is 2.92. The summed E-state index contributed by atoms with van der Waals surface area (Å²) < 4.78 is 0. The number of aryl methyl sites for hydroxylation is 1. The predicted molar refractivity (Wildman–Crippen MR) is 93.3 cm³/mol. The Morgan fingerprint density at radius 1 is 0.957 bits per heavy atom. The molecule has 0 amide bonds. The largest absolute Gasteiger partial charge is 0.391 e. The number of hydrogen-bond acceptors (Lipinski definition) is 3. The van der Waals surface area contributed by atoms with Crippen molar-refractivity contribution in [3.05, 3.63) is 66.0 Å². The fraction of sp³-hybridized carbons (Fsp3) is 0.450. The van der Waals surface area contributed by atoms with Crippen LogP contribution in [0.1, 0.15) is 24.0 Å². The highest BCUT2D eigenvalue weighted by Gasteiger charge is 2.30. The second-order valence-corrected chi connectivity index (χ2v) is 6.59. The molecule has 122 valence electrons. The Morgan fingerprint density at radius 3 is 2.52 bits per heavy atom. The molecule has 0 unspecified atom stereocenters. The van der Waals surface area contributed by atoms with Crippen LogP contribution in [0.15, 0.2) is 54.9 Å². The van der Waals surface area contributed by atoms with Crippen molar-refractivity contribution in [1.29, 1.82) is 0 Å². The number of hydrogen-bond donors (Lipinski definition) is 1. The molecule has 1 fully saturated rings. The van der Waals surface area contributed by atoms with E-state index in [0.717, 1.165) is 32.5 Å². The predicted octanol–water partition coefficient (Wildman–Crippen LogP) is 2.94. The van der Waals surface area contributed by atoms with Crippen LogP contribution in [0.2, 0.25) is 0 Å². The maximum Gasteiger partial charge on any atom is 0.0710 e. The number of pyridine rings is 1. The van der Waals surface area contributed by atoms with E-state index in [1.54, 1.807) is 0 Å². The van der Waals surface area contributed by atoms with Crippen molar-refractivity contribution in [2.75, 3.05) is 19.6 Å². The Kier molecular flexibility index (Phi) is 5.78. The van der Waals surface area contributed by atoms with Crippen LogP contribution in [0.5, 0.6) is 0 Å². The van der Waals surface area contributed by atoms with Crippen LogP contribution in [0, 0.1) is 5.92 Å². The number of benzene rings is 1. The summed E-state index contributed by atoms with van der Waals surface area (Å²) >= 11 is 0. The van der Waals surface area contributed by atoms with Crippen molar-refractivity contribution in [3.63, 3.8) is 0 Å². The molecule has 1 aromatic heterocycles. The summed E-state index contributed by atoms with van der Waals surface area (Å²) in [5.41, 5.74) is 2.69. The van der Waals surface area contributed by atoms with Gasteiger partial charge >= 0.3 is 0 Å². The number of β-amino-alcohol motifs (C(OH)–C–C–N with tert-alkyl or cyclic N) is 1. The molecule has 0 aliphatic carbocycles. The summed E-state index contributed by atoms with van der Waals surface area (Å²) in [6, 6.07) is 14.8. The third-order valence-electron chi connectivity index (χ3n) is 4.76. The van der Waals surface area contributed by atoms with E-state index < -0.39 is 0 Å². The lowest BCUT2D eigenvalue weighted by Crippen LogP contribution is -2.23. The van der Waals surface area contributed by atoms with Gasteiger partial charge in [0.15, 0.2) is 0 Å². The molecule has 1 N–H and O–H groups in total. The molecule has 3 rings (SSSR count). The van der Waals surface area contributed by atoms with E-state index in [9.17, 15) is 5.11 Å². The standard InChI is InChI=1S/C20H26N2O/c23-20-16-22(13-5-4-8-17-6-2-1-3-7-17)15-19(20)14-18-9-11-21-12-10-18/h1-3,6-7,9-12,19-20,23H,4-5,8,13-16H2/t19-,20-/m1/s1. The first-order valence-electron chi connectivity index (χ1n) is 8.64. The first kappa shape index (κ1) is 16.2. The normalized spacial score (nSPS) is 21.6. The molecular formula is C20H26N2O. The van der Waals surface area contributed by atoms with E-state index >= 15 is 0 Å². The van der Waals surface area contributed by atoms with Gasteiger partial charge in [0, 0.05) is 31.4 Å². The molecule has 2 atom stereocenters. The topological polar surface area (TPSA) is 36.4 Å². The molecule has 0 bridgehead atoms. The van der Waals surface area contributed by atoms with Crippen molar-refractivity contribution in [3.8, 4) is 0 Å². The highest BCUT2D eigenvalue weighted by atomic mass is 16.3. The minimum Gasteiger partial charge on any atom is -0.391 e. The van der Waals surface area contributed by atoms with E-state index in [4.69, 9.17) is 0 Å². The molecular weight excluding hydrogens is 284 g/mol. The Balaban J connectivity index is 1.38. The summed E-state index contributed by atoms with van der Waals surface area (Å²) in [6.07, 6.45) is 7.98. The van der Waals surface area contributed by atoms with Gasteiger partial charge in [-0.1, -0.05) is 30.3 Å². The molecule has 0 saturated carbocycles. The molecule has 2 aromatic rings. The monoisotopic (exact) mass is 310 g/mol. The van der Waals surface area contributed by atoms with Gasteiger partial charge in [0.2, 0.25) is 0 Å². The van der Waals surface area contributed by atoms with E-state index in [0.29, 0.717) is 5.92 Å². The first-order chi connectivity index (χ1) is 11.3. The number of aliphatic hydroxyl groups excluding tert-OH is 1. The van der Waals surface area contributed by atoms with Crippen LogP contribution in [-0.4, -0.2) is 40.7 Å². The van der Waals surface area contributed by atoms with E-state index in [1.165, 1.54) is 24.0 Å². The maximum atomic E-state index is 10.3. The zero-order chi connectivity index (χ0) is 15.9. The van der Waals surface area contributed by atoms with E-state index in [-0.39, 0.29) is 6.10 Å². The summed E-state index contributed by atoms with van der Waals surface area (Å²) in [5, 5.41) is 10.3. The molecule has 2 heterocycles. The lowest BCUT2D eigenvalue weighted by molar-refractivity contribution is 0.141. The Labute approximate surface area is 139 Å². The van der Waals surface area contributed by atoms with Gasteiger partial charge in [-0.05, 0) is 55.5 Å². The number of nitrogens with zero attached hydrogens (tertiary/aromatic N) is 2. The average molecular weight is 310 g/mol. The fourth-order valence-electron chi connectivity index (χ4n) is 3.46. The lowest BCUT2D eigenvalue weighted by Gasteiger charge is -2.15. The number of rotatable bonds is 7. The second-order valence-electron chi connectivity index (χ2n) is 6.59. The Bertz CT molecular complexity index is 573. The number of aromatic nitrogens is 1. The van der Waals surface area contributed by atoms with Crippen LogP contribution in [0.3, 0.4) is 0 Å². The van der Waals surface area contributed by atoms with Crippen molar-refractivity contribution < 1.29 is 5.11 Å². The Morgan fingerprint density at radius 2 is 1.74 bits per heavy atom. The minimum absolute atomic E-state index is 0.197. The van der Waals surface area contributed by atoms with Gasteiger partial charge in [-0.2, -0.15) is 0 Å². The number of unbranched alkanes of at least 4 members (excludes halogenated alkanes) is 1. The quantitative estimate of drug-likeness (QED) is 0.799. The van der Waals surface area contributed by atoms with Gasteiger partial charge in [0.05, 0.1) is 6.10 Å². The summed E-state index contributed by atoms with van der Waals surface area (Å²) in [4.78, 5) is 6.47. The van der Waals surface area contributed by atoms with Gasteiger partial charge in [0.25, 0.3) is 0 Å². The Hall–Kier alpha value is -1.71. The van der Waals surface area contributed by atoms with E-state index in [1.807, 2.05) is 12.4 Å². The zero-order valence-electron chi connectivity index (χ0n) is 13.6. The molecule has 1 aromatic carbocycles. The highest BCUT2D eigenvalue weighted by Crippen LogP contribution is 2.21. The smallest absolute Gasteiger partial charge is 0.0710 e. The number of likely N-dealkylation sites (tertiary alicyclic amines) is 1. The molecule has 0 radical (unpaired) electrons. The second kappa shape index (κ2) is 8.23. The molecule has 0 spiro atoms. The van der Waals surface area contributed by atoms with Crippen LogP contribution in [0.4, 0.5) is 0 Å². The minimum atomic E-state index is -0.197. The van der Waals surface area contributed by atoms with Gasteiger partial charge < -0.3 is 10.0 Å². The van der Waals surface area contributed by atoms with Gasteiger partial charge in [-0.3, -0.25) is 4.98 Å². The SMILES string of the molecule is O[C@@H]1CN(CCCCc2ccccc2)C[C@H]1Cc1ccncc1. The van der Waals surface area contributed by atoms with Gasteiger partial charge in [-0.25, -0.2) is 0 Å². The third kappa shape index (κ3) is 4.88. The van der Waals surface area contributed by atoms with Crippen LogP contribution < -0.4 is 0 Å². The molecule has 1 aliphatic rings. The number of aliphatic hydroxyl groups is 1. The van der Waals surface area contributed by atoms with E-state index in [2.05, 4.69) is 52.3 Å². The molecule has 3 nitrogen and oxygen atoms in total.